The molecule has 7 nitrogen and oxygen atoms in total. The maximum atomic E-state index is 13.2. The molecule has 0 saturated carbocycles. The van der Waals surface area contributed by atoms with Crippen molar-refractivity contribution in [3.05, 3.63) is 48.0 Å². The summed E-state index contributed by atoms with van der Waals surface area (Å²) in [7, 11) is 3.06. The molecule has 0 spiro atoms. The van der Waals surface area contributed by atoms with E-state index in [0.29, 0.717) is 35.1 Å². The summed E-state index contributed by atoms with van der Waals surface area (Å²) < 4.78 is 16.6. The van der Waals surface area contributed by atoms with Crippen LogP contribution < -0.4 is 24.4 Å². The normalized spacial score (nSPS) is 15.4. The Kier molecular flexibility index (Phi) is 5.49. The SMILES string of the molecule is CCOc1ccc(C(=O)N2C[C@H](C(=O)NC)Oc3ccccc32)cc1OC. The van der Waals surface area contributed by atoms with Crippen LogP contribution in [0.25, 0.3) is 0 Å². The molecule has 7 heteroatoms. The Morgan fingerprint density at radius 3 is 2.70 bits per heavy atom. The van der Waals surface area contributed by atoms with Crippen LogP contribution in [0.5, 0.6) is 17.2 Å². The Balaban J connectivity index is 1.96. The van der Waals surface area contributed by atoms with Crippen LogP contribution >= 0.6 is 0 Å². The van der Waals surface area contributed by atoms with Gasteiger partial charge in [-0.3, -0.25) is 9.59 Å². The number of hydrogen-bond donors (Lipinski definition) is 1. The fourth-order valence-corrected chi connectivity index (χ4v) is 2.96. The average molecular weight is 370 g/mol. The van der Waals surface area contributed by atoms with Crippen LogP contribution in [-0.2, 0) is 4.79 Å². The fourth-order valence-electron chi connectivity index (χ4n) is 2.96. The lowest BCUT2D eigenvalue weighted by atomic mass is 10.1. The second-order valence-electron chi connectivity index (χ2n) is 5.90. The molecular weight excluding hydrogens is 348 g/mol. The zero-order valence-electron chi connectivity index (χ0n) is 15.5. The van der Waals surface area contributed by atoms with Crippen LogP contribution in [0.15, 0.2) is 42.5 Å². The second-order valence-corrected chi connectivity index (χ2v) is 5.90. The van der Waals surface area contributed by atoms with E-state index in [9.17, 15) is 9.59 Å². The highest BCUT2D eigenvalue weighted by molar-refractivity contribution is 6.08. The van der Waals surface area contributed by atoms with Crippen molar-refractivity contribution in [2.24, 2.45) is 0 Å². The van der Waals surface area contributed by atoms with Gasteiger partial charge >= 0.3 is 0 Å². The highest BCUT2D eigenvalue weighted by Gasteiger charge is 2.34. The van der Waals surface area contributed by atoms with Crippen molar-refractivity contribution < 1.29 is 23.8 Å². The molecule has 0 aliphatic carbocycles. The molecule has 1 N–H and O–H groups in total. The van der Waals surface area contributed by atoms with E-state index in [4.69, 9.17) is 14.2 Å². The number of methoxy groups -OCH3 is 1. The highest BCUT2D eigenvalue weighted by Crippen LogP contribution is 2.35. The Morgan fingerprint density at radius 1 is 1.22 bits per heavy atom. The number of anilines is 1. The highest BCUT2D eigenvalue weighted by atomic mass is 16.5. The van der Waals surface area contributed by atoms with Gasteiger partial charge in [0.2, 0.25) is 0 Å². The lowest BCUT2D eigenvalue weighted by Crippen LogP contribution is -2.50. The van der Waals surface area contributed by atoms with Crippen molar-refractivity contribution >= 4 is 17.5 Å². The Bertz CT molecular complexity index is 852. The first kappa shape index (κ1) is 18.6. The summed E-state index contributed by atoms with van der Waals surface area (Å²) in [5, 5.41) is 2.57. The summed E-state index contributed by atoms with van der Waals surface area (Å²) in [6.45, 7) is 2.49. The summed E-state index contributed by atoms with van der Waals surface area (Å²) in [6.07, 6.45) is -0.779. The number of amides is 2. The van der Waals surface area contributed by atoms with E-state index in [0.717, 1.165) is 0 Å². The summed E-state index contributed by atoms with van der Waals surface area (Å²) >= 11 is 0. The molecule has 0 bridgehead atoms. The number of likely N-dealkylation sites (N-methyl/N-ethyl adjacent to an activating group) is 1. The molecular formula is C20H22N2O5. The van der Waals surface area contributed by atoms with Crippen molar-refractivity contribution in [1.82, 2.24) is 5.32 Å². The third-order valence-corrected chi connectivity index (χ3v) is 4.27. The van der Waals surface area contributed by atoms with Gasteiger partial charge in [-0.2, -0.15) is 0 Å². The van der Waals surface area contributed by atoms with E-state index >= 15 is 0 Å². The van der Waals surface area contributed by atoms with E-state index in [1.807, 2.05) is 13.0 Å². The fraction of sp³-hybridized carbons (Fsp3) is 0.300. The summed E-state index contributed by atoms with van der Waals surface area (Å²) in [5.41, 5.74) is 1.05. The number of fused-ring (bicyclic) bond motifs is 1. The van der Waals surface area contributed by atoms with Gasteiger partial charge in [-0.25, -0.2) is 0 Å². The molecule has 0 fully saturated rings. The second kappa shape index (κ2) is 7.99. The van der Waals surface area contributed by atoms with Gasteiger partial charge in [0.15, 0.2) is 17.6 Å². The van der Waals surface area contributed by atoms with E-state index < -0.39 is 6.10 Å². The monoisotopic (exact) mass is 370 g/mol. The van der Waals surface area contributed by atoms with E-state index in [1.165, 1.54) is 14.2 Å². The van der Waals surface area contributed by atoms with Gasteiger partial charge in [-0.15, -0.1) is 0 Å². The number of nitrogens with one attached hydrogen (secondary N) is 1. The van der Waals surface area contributed by atoms with Crippen LogP contribution in [0.2, 0.25) is 0 Å². The molecule has 27 heavy (non-hydrogen) atoms. The minimum absolute atomic E-state index is 0.116. The molecule has 1 heterocycles. The lowest BCUT2D eigenvalue weighted by molar-refractivity contribution is -0.127. The quantitative estimate of drug-likeness (QED) is 0.874. The number of hydrogen-bond acceptors (Lipinski definition) is 5. The first-order valence-corrected chi connectivity index (χ1v) is 8.69. The Hall–Kier alpha value is -3.22. The van der Waals surface area contributed by atoms with Crippen LogP contribution in [-0.4, -0.2) is 45.2 Å². The van der Waals surface area contributed by atoms with Crippen molar-refractivity contribution in [1.29, 1.82) is 0 Å². The number of carbonyl (C=O) groups excluding carboxylic acids is 2. The summed E-state index contributed by atoms with van der Waals surface area (Å²) in [4.78, 5) is 26.8. The molecule has 0 radical (unpaired) electrons. The molecule has 142 valence electrons. The predicted octanol–water partition coefficient (Wildman–Crippen LogP) is 2.25. The predicted molar refractivity (Wildman–Crippen MR) is 101 cm³/mol. The molecule has 0 aromatic heterocycles. The maximum Gasteiger partial charge on any atom is 0.262 e. The number of para-hydroxylation sites is 2. The summed E-state index contributed by atoms with van der Waals surface area (Å²) in [5.74, 6) is 1.01. The summed E-state index contributed by atoms with van der Waals surface area (Å²) in [6, 6.07) is 12.2. The van der Waals surface area contributed by atoms with E-state index in [2.05, 4.69) is 5.32 Å². The van der Waals surface area contributed by atoms with Gasteiger partial charge in [0.25, 0.3) is 11.8 Å². The molecule has 1 aliphatic heterocycles. The molecule has 2 aromatic carbocycles. The number of rotatable bonds is 5. The third-order valence-electron chi connectivity index (χ3n) is 4.27. The molecule has 1 atom stereocenters. The van der Waals surface area contributed by atoms with Gasteiger partial charge in [-0.1, -0.05) is 12.1 Å². The maximum absolute atomic E-state index is 13.2. The molecule has 2 amide bonds. The van der Waals surface area contributed by atoms with E-state index in [1.54, 1.807) is 41.3 Å². The molecule has 0 unspecified atom stereocenters. The minimum atomic E-state index is -0.779. The third kappa shape index (κ3) is 3.67. The number of benzene rings is 2. The number of ether oxygens (including phenoxy) is 3. The Labute approximate surface area is 157 Å². The van der Waals surface area contributed by atoms with Crippen molar-refractivity contribution in [3.8, 4) is 17.2 Å². The van der Waals surface area contributed by atoms with Gasteiger partial charge < -0.3 is 24.4 Å². The van der Waals surface area contributed by atoms with Crippen molar-refractivity contribution in [2.45, 2.75) is 13.0 Å². The minimum Gasteiger partial charge on any atom is -0.493 e. The average Bonchev–Trinajstić information content (AvgIpc) is 2.72. The zero-order chi connectivity index (χ0) is 19.4. The van der Waals surface area contributed by atoms with Crippen LogP contribution in [0.4, 0.5) is 5.69 Å². The molecule has 1 aliphatic rings. The van der Waals surface area contributed by atoms with Crippen molar-refractivity contribution in [2.75, 3.05) is 32.2 Å². The first-order chi connectivity index (χ1) is 13.1. The van der Waals surface area contributed by atoms with Gasteiger partial charge in [0, 0.05) is 12.6 Å². The molecule has 3 rings (SSSR count). The lowest BCUT2D eigenvalue weighted by Gasteiger charge is -2.34. The largest absolute Gasteiger partial charge is 0.493 e. The molecule has 2 aromatic rings. The van der Waals surface area contributed by atoms with Gasteiger partial charge in [-0.05, 0) is 37.3 Å². The standard InChI is InChI=1S/C20H22N2O5/c1-4-26-16-10-9-13(11-17(16)25-3)20(24)22-12-18(19(23)21-2)27-15-8-6-5-7-14(15)22/h5-11,18H,4,12H2,1-3H3,(H,21,23)/t18-/m1/s1. The van der Waals surface area contributed by atoms with Crippen LogP contribution in [0.1, 0.15) is 17.3 Å². The van der Waals surface area contributed by atoms with Crippen LogP contribution in [0.3, 0.4) is 0 Å². The first-order valence-electron chi connectivity index (χ1n) is 8.69. The van der Waals surface area contributed by atoms with Gasteiger partial charge in [0.05, 0.1) is 25.9 Å². The van der Waals surface area contributed by atoms with Crippen molar-refractivity contribution in [3.63, 3.8) is 0 Å². The number of carbonyl (C=O) groups is 2. The van der Waals surface area contributed by atoms with E-state index in [-0.39, 0.29) is 18.4 Å². The zero-order valence-corrected chi connectivity index (χ0v) is 15.5. The smallest absolute Gasteiger partial charge is 0.262 e. The Morgan fingerprint density at radius 2 is 2.00 bits per heavy atom. The topological polar surface area (TPSA) is 77.1 Å². The molecule has 0 saturated heterocycles. The van der Waals surface area contributed by atoms with Crippen LogP contribution in [0, 0.1) is 0 Å². The number of nitrogens with zero attached hydrogens (tertiary/aromatic N) is 1. The van der Waals surface area contributed by atoms with Gasteiger partial charge in [0.1, 0.15) is 5.75 Å².